The lowest BCUT2D eigenvalue weighted by Crippen LogP contribution is -2.14. The van der Waals surface area contributed by atoms with Gasteiger partial charge in [-0.15, -0.1) is 0 Å². The molecule has 1 amide bonds. The van der Waals surface area contributed by atoms with Crippen molar-refractivity contribution in [2.75, 3.05) is 11.1 Å². The fourth-order valence-corrected chi connectivity index (χ4v) is 3.71. The molecule has 33 heavy (non-hydrogen) atoms. The van der Waals surface area contributed by atoms with Crippen LogP contribution in [0.4, 0.5) is 15.9 Å². The van der Waals surface area contributed by atoms with Crippen LogP contribution in [0.25, 0.3) is 22.6 Å². The van der Waals surface area contributed by atoms with Crippen molar-refractivity contribution in [1.29, 1.82) is 0 Å². The van der Waals surface area contributed by atoms with Gasteiger partial charge in [0.1, 0.15) is 0 Å². The second kappa shape index (κ2) is 8.03. The molecule has 3 heterocycles. The summed E-state index contributed by atoms with van der Waals surface area (Å²) in [5.41, 5.74) is 10.0. The molecular weight excluding hydrogens is 445 g/mol. The average Bonchev–Trinajstić information content (AvgIpc) is 3.45. The highest BCUT2D eigenvalue weighted by Gasteiger charge is 2.15. The van der Waals surface area contributed by atoms with Gasteiger partial charge in [-0.3, -0.25) is 9.20 Å². The Morgan fingerprint density at radius 3 is 2.88 bits per heavy atom. The van der Waals surface area contributed by atoms with E-state index in [9.17, 15) is 9.18 Å². The summed E-state index contributed by atoms with van der Waals surface area (Å²) in [5, 5.41) is 6.96. The molecule has 8 nitrogen and oxygen atoms in total. The maximum absolute atomic E-state index is 14.2. The van der Waals surface area contributed by atoms with Gasteiger partial charge in [-0.2, -0.15) is 5.10 Å². The van der Waals surface area contributed by atoms with Crippen LogP contribution in [0, 0.1) is 12.7 Å². The molecule has 0 unspecified atom stereocenters. The highest BCUT2D eigenvalue weighted by molar-refractivity contribution is 6.31. The number of imidazole rings is 1. The fraction of sp³-hybridized carbons (Fsp3) is 0.0435. The zero-order valence-electron chi connectivity index (χ0n) is 17.3. The number of hydrogen-bond donors (Lipinski definition) is 2. The number of benzene rings is 2. The largest absolute Gasteiger partial charge is 0.381 e. The summed E-state index contributed by atoms with van der Waals surface area (Å²) in [5.74, 6) is -0.808. The van der Waals surface area contributed by atoms with Crippen molar-refractivity contribution in [3.05, 3.63) is 89.3 Å². The maximum Gasteiger partial charge on any atom is 0.255 e. The molecule has 3 N–H and O–H groups in total. The first kappa shape index (κ1) is 20.7. The first-order valence-corrected chi connectivity index (χ1v) is 10.3. The number of anilines is 2. The lowest BCUT2D eigenvalue weighted by Gasteiger charge is -2.10. The number of nitrogen functional groups attached to an aromatic ring is 1. The Labute approximate surface area is 192 Å². The summed E-state index contributed by atoms with van der Waals surface area (Å²) in [6, 6.07) is 9.60. The van der Waals surface area contributed by atoms with Crippen LogP contribution < -0.4 is 11.1 Å². The third-order valence-corrected chi connectivity index (χ3v) is 5.54. The van der Waals surface area contributed by atoms with E-state index in [4.69, 9.17) is 17.3 Å². The third-order valence-electron chi connectivity index (χ3n) is 5.25. The minimum absolute atomic E-state index is 0.0115. The maximum atomic E-state index is 14.2. The van der Waals surface area contributed by atoms with Crippen LogP contribution in [0.2, 0.25) is 5.02 Å². The van der Waals surface area contributed by atoms with E-state index in [0.717, 1.165) is 16.8 Å². The Morgan fingerprint density at radius 2 is 2.03 bits per heavy atom. The van der Waals surface area contributed by atoms with Crippen LogP contribution in [-0.2, 0) is 0 Å². The number of aromatic nitrogens is 5. The van der Waals surface area contributed by atoms with Crippen LogP contribution in [0.5, 0.6) is 0 Å². The molecule has 10 heteroatoms. The second-order valence-electron chi connectivity index (χ2n) is 7.38. The number of hydrogen-bond acceptors (Lipinski definition) is 5. The summed E-state index contributed by atoms with van der Waals surface area (Å²) >= 11 is 5.80. The molecule has 5 rings (SSSR count). The number of rotatable bonds is 4. The molecule has 0 aliphatic rings. The van der Waals surface area contributed by atoms with Crippen LogP contribution >= 0.6 is 11.6 Å². The van der Waals surface area contributed by atoms with Crippen molar-refractivity contribution >= 4 is 34.7 Å². The molecular formula is C23H17ClFN7O. The Hall–Kier alpha value is -4.24. The van der Waals surface area contributed by atoms with Crippen LogP contribution in [0.1, 0.15) is 15.9 Å². The molecule has 0 saturated carbocycles. The van der Waals surface area contributed by atoms with Gasteiger partial charge in [0.2, 0.25) is 0 Å². The number of fused-ring (bicyclic) bond motifs is 1. The summed E-state index contributed by atoms with van der Waals surface area (Å²) < 4.78 is 17.7. The van der Waals surface area contributed by atoms with E-state index in [-0.39, 0.29) is 10.7 Å². The number of nitrogens with zero attached hydrogens (tertiary/aromatic N) is 5. The summed E-state index contributed by atoms with van der Waals surface area (Å²) in [6.45, 7) is 1.91. The topological polar surface area (TPSA) is 103 Å². The Kier molecular flexibility index (Phi) is 5.02. The standard InChI is InChI=1S/C23H17ClFN7O/c1-13-5-6-14(23(33)30-17-4-2-3-16(24)20(17)25)9-18(13)32-12-15(10-29-32)19-11-28-22-21(26)27-7-8-31(19)22/h2-12H,1H3,(H2,26,27)(H,30,33). The predicted molar refractivity (Wildman–Crippen MR) is 124 cm³/mol. The first-order chi connectivity index (χ1) is 15.9. The molecule has 0 bridgehead atoms. The zero-order chi connectivity index (χ0) is 23.1. The highest BCUT2D eigenvalue weighted by Crippen LogP contribution is 2.26. The molecule has 164 valence electrons. The molecule has 3 aromatic heterocycles. The van der Waals surface area contributed by atoms with Crippen molar-refractivity contribution in [2.45, 2.75) is 6.92 Å². The molecule has 0 aliphatic carbocycles. The van der Waals surface area contributed by atoms with E-state index < -0.39 is 11.7 Å². The minimum Gasteiger partial charge on any atom is -0.381 e. The van der Waals surface area contributed by atoms with Crippen molar-refractivity contribution in [1.82, 2.24) is 24.1 Å². The van der Waals surface area contributed by atoms with E-state index in [1.807, 2.05) is 17.5 Å². The number of amides is 1. The van der Waals surface area contributed by atoms with Crippen molar-refractivity contribution < 1.29 is 9.18 Å². The molecule has 0 saturated heterocycles. The van der Waals surface area contributed by atoms with Crippen LogP contribution in [0.3, 0.4) is 0 Å². The Bertz CT molecular complexity index is 1520. The second-order valence-corrected chi connectivity index (χ2v) is 7.79. The van der Waals surface area contributed by atoms with Gasteiger partial charge in [0.05, 0.1) is 34.5 Å². The normalized spacial score (nSPS) is 11.1. The van der Waals surface area contributed by atoms with Crippen molar-refractivity contribution in [3.63, 3.8) is 0 Å². The molecule has 0 radical (unpaired) electrons. The van der Waals surface area contributed by atoms with Crippen molar-refractivity contribution in [2.24, 2.45) is 0 Å². The lowest BCUT2D eigenvalue weighted by molar-refractivity contribution is 0.102. The zero-order valence-corrected chi connectivity index (χ0v) is 18.1. The quantitative estimate of drug-likeness (QED) is 0.409. The molecule has 0 atom stereocenters. The van der Waals surface area contributed by atoms with Gasteiger partial charge in [-0.1, -0.05) is 23.7 Å². The highest BCUT2D eigenvalue weighted by atomic mass is 35.5. The molecule has 0 aliphatic heterocycles. The van der Waals surface area contributed by atoms with Gasteiger partial charge in [-0.05, 0) is 36.8 Å². The Balaban J connectivity index is 1.47. The van der Waals surface area contributed by atoms with E-state index in [2.05, 4.69) is 20.4 Å². The SMILES string of the molecule is Cc1ccc(C(=O)Nc2cccc(Cl)c2F)cc1-n1cc(-c2cnc3c(N)nccn23)cn1. The Morgan fingerprint density at radius 1 is 1.18 bits per heavy atom. The third kappa shape index (κ3) is 3.68. The first-order valence-electron chi connectivity index (χ1n) is 9.91. The van der Waals surface area contributed by atoms with Gasteiger partial charge in [-0.25, -0.2) is 19.0 Å². The lowest BCUT2D eigenvalue weighted by atomic mass is 10.1. The summed E-state index contributed by atoms with van der Waals surface area (Å²) in [4.78, 5) is 21.1. The van der Waals surface area contributed by atoms with E-state index in [0.29, 0.717) is 22.7 Å². The molecule has 0 spiro atoms. The molecule has 0 fully saturated rings. The van der Waals surface area contributed by atoms with Gasteiger partial charge in [0, 0.05) is 29.7 Å². The number of nitrogens with one attached hydrogen (secondary N) is 1. The number of nitrogens with two attached hydrogens (primary N) is 1. The van der Waals surface area contributed by atoms with E-state index in [1.165, 1.54) is 12.1 Å². The fourth-order valence-electron chi connectivity index (χ4n) is 3.53. The predicted octanol–water partition coefficient (Wildman–Crippen LogP) is 4.52. The average molecular weight is 462 g/mol. The van der Waals surface area contributed by atoms with Gasteiger partial charge in [0.25, 0.3) is 5.91 Å². The van der Waals surface area contributed by atoms with E-state index >= 15 is 0 Å². The summed E-state index contributed by atoms with van der Waals surface area (Å²) in [7, 11) is 0. The van der Waals surface area contributed by atoms with E-state index in [1.54, 1.807) is 53.7 Å². The number of halogens is 2. The number of carbonyl (C=O) groups is 1. The van der Waals surface area contributed by atoms with Crippen molar-refractivity contribution in [3.8, 4) is 16.9 Å². The van der Waals surface area contributed by atoms with Crippen LogP contribution in [-0.4, -0.2) is 30.1 Å². The van der Waals surface area contributed by atoms with Crippen LogP contribution in [0.15, 0.2) is 67.4 Å². The summed E-state index contributed by atoms with van der Waals surface area (Å²) in [6.07, 6.45) is 8.61. The monoisotopic (exact) mass is 461 g/mol. The minimum atomic E-state index is -0.680. The van der Waals surface area contributed by atoms with Gasteiger partial charge < -0.3 is 11.1 Å². The smallest absolute Gasteiger partial charge is 0.255 e. The number of carbonyl (C=O) groups excluding carboxylic acids is 1. The number of aryl methyl sites for hydroxylation is 1. The van der Waals surface area contributed by atoms with Gasteiger partial charge in [0.15, 0.2) is 17.3 Å². The molecule has 5 aromatic rings. The molecule has 2 aromatic carbocycles. The van der Waals surface area contributed by atoms with Gasteiger partial charge >= 0.3 is 0 Å².